The van der Waals surface area contributed by atoms with Crippen molar-refractivity contribution in [3.8, 4) is 0 Å². The number of benzene rings is 1. The molecule has 0 aliphatic carbocycles. The number of carbonyl (C=O) groups excluding carboxylic acids is 1. The lowest BCUT2D eigenvalue weighted by molar-refractivity contribution is -0.126. The highest BCUT2D eigenvalue weighted by Crippen LogP contribution is 2.13. The summed E-state index contributed by atoms with van der Waals surface area (Å²) in [6.45, 7) is 7.09. The van der Waals surface area contributed by atoms with Crippen LogP contribution in [0.1, 0.15) is 12.5 Å². The van der Waals surface area contributed by atoms with E-state index >= 15 is 0 Å². The third-order valence-corrected chi connectivity index (χ3v) is 4.01. The van der Waals surface area contributed by atoms with Gasteiger partial charge in [-0.1, -0.05) is 24.3 Å². The van der Waals surface area contributed by atoms with Crippen molar-refractivity contribution in [2.75, 3.05) is 20.2 Å². The van der Waals surface area contributed by atoms with Gasteiger partial charge < -0.3 is 4.90 Å². The first-order chi connectivity index (χ1) is 9.24. The summed E-state index contributed by atoms with van der Waals surface area (Å²) in [5.74, 6) is -0.235. The summed E-state index contributed by atoms with van der Waals surface area (Å²) in [6.07, 6.45) is 0. The van der Waals surface area contributed by atoms with Gasteiger partial charge in [0.15, 0.2) is 0 Å². The minimum absolute atomic E-state index is 0.0915. The Morgan fingerprint density at radius 1 is 1.30 bits per heavy atom. The standard InChI is InChI=1S/C14H19NO4S/c1-11(2)14(16)15(4)9-10-19-20(17,18)13-7-5-12(3)6-8-13/h5-8H,1,9-10H2,2-4H3. The van der Waals surface area contributed by atoms with Gasteiger partial charge in [-0.15, -0.1) is 0 Å². The highest BCUT2D eigenvalue weighted by molar-refractivity contribution is 7.86. The van der Waals surface area contributed by atoms with E-state index in [9.17, 15) is 13.2 Å². The van der Waals surface area contributed by atoms with Crippen LogP contribution in [0.4, 0.5) is 0 Å². The Bertz CT molecular complexity index is 590. The van der Waals surface area contributed by atoms with Crippen LogP contribution in [0.3, 0.4) is 0 Å². The zero-order valence-corrected chi connectivity index (χ0v) is 12.7. The van der Waals surface area contributed by atoms with Crippen LogP contribution in [0, 0.1) is 6.92 Å². The molecule has 1 aromatic rings. The molecule has 110 valence electrons. The molecular weight excluding hydrogens is 278 g/mol. The number of rotatable bonds is 6. The molecule has 0 aliphatic heterocycles. The second-order valence-electron chi connectivity index (χ2n) is 4.60. The summed E-state index contributed by atoms with van der Waals surface area (Å²) < 4.78 is 28.7. The van der Waals surface area contributed by atoms with E-state index in [1.165, 1.54) is 17.0 Å². The molecule has 0 bridgehead atoms. The van der Waals surface area contributed by atoms with Gasteiger partial charge in [-0.05, 0) is 26.0 Å². The monoisotopic (exact) mass is 297 g/mol. The molecule has 0 spiro atoms. The SMILES string of the molecule is C=C(C)C(=O)N(C)CCOS(=O)(=O)c1ccc(C)cc1. The normalized spacial score (nSPS) is 11.2. The Balaban J connectivity index is 2.59. The van der Waals surface area contributed by atoms with Crippen molar-refractivity contribution >= 4 is 16.0 Å². The summed E-state index contributed by atoms with van der Waals surface area (Å²) in [7, 11) is -2.21. The molecule has 0 aliphatic rings. The van der Waals surface area contributed by atoms with Gasteiger partial charge in [-0.2, -0.15) is 8.42 Å². The van der Waals surface area contributed by atoms with Crippen molar-refractivity contribution in [2.45, 2.75) is 18.7 Å². The second kappa shape index (κ2) is 6.67. The van der Waals surface area contributed by atoms with Gasteiger partial charge >= 0.3 is 0 Å². The fraction of sp³-hybridized carbons (Fsp3) is 0.357. The van der Waals surface area contributed by atoms with Crippen molar-refractivity contribution in [2.24, 2.45) is 0 Å². The molecule has 0 saturated carbocycles. The Labute approximate surface area is 120 Å². The molecule has 6 heteroatoms. The third kappa shape index (κ3) is 4.47. The predicted octanol–water partition coefficient (Wildman–Crippen LogP) is 1.73. The number of hydrogen-bond donors (Lipinski definition) is 0. The minimum atomic E-state index is -3.78. The van der Waals surface area contributed by atoms with Gasteiger partial charge in [0.1, 0.15) is 0 Å². The number of amides is 1. The molecule has 0 unspecified atom stereocenters. The van der Waals surface area contributed by atoms with E-state index in [4.69, 9.17) is 4.18 Å². The van der Waals surface area contributed by atoms with E-state index < -0.39 is 10.1 Å². The number of likely N-dealkylation sites (N-methyl/N-ethyl adjacent to an activating group) is 1. The smallest absolute Gasteiger partial charge is 0.297 e. The van der Waals surface area contributed by atoms with E-state index in [0.29, 0.717) is 5.57 Å². The molecule has 5 nitrogen and oxygen atoms in total. The van der Waals surface area contributed by atoms with Crippen LogP contribution in [0.25, 0.3) is 0 Å². The summed E-state index contributed by atoms with van der Waals surface area (Å²) in [5.41, 5.74) is 1.37. The number of nitrogens with zero attached hydrogens (tertiary/aromatic N) is 1. The fourth-order valence-electron chi connectivity index (χ4n) is 1.48. The van der Waals surface area contributed by atoms with E-state index in [0.717, 1.165) is 5.56 Å². The minimum Gasteiger partial charge on any atom is -0.340 e. The molecule has 0 heterocycles. The predicted molar refractivity (Wildman–Crippen MR) is 76.8 cm³/mol. The summed E-state index contributed by atoms with van der Waals surface area (Å²) in [6, 6.07) is 6.39. The van der Waals surface area contributed by atoms with Crippen molar-refractivity contribution in [1.82, 2.24) is 4.90 Å². The molecular formula is C14H19NO4S. The molecule has 0 aromatic heterocycles. The molecule has 1 rings (SSSR count). The van der Waals surface area contributed by atoms with E-state index in [-0.39, 0.29) is 24.0 Å². The van der Waals surface area contributed by atoms with Crippen molar-refractivity contribution in [3.05, 3.63) is 42.0 Å². The van der Waals surface area contributed by atoms with Gasteiger partial charge in [-0.3, -0.25) is 8.98 Å². The number of aryl methyl sites for hydroxylation is 1. The van der Waals surface area contributed by atoms with Gasteiger partial charge in [0.2, 0.25) is 5.91 Å². The maximum Gasteiger partial charge on any atom is 0.297 e. The van der Waals surface area contributed by atoms with E-state index in [1.807, 2.05) is 6.92 Å². The van der Waals surface area contributed by atoms with Crippen LogP contribution in [-0.2, 0) is 19.1 Å². The lowest BCUT2D eigenvalue weighted by atomic mass is 10.2. The molecule has 20 heavy (non-hydrogen) atoms. The maximum atomic E-state index is 11.9. The second-order valence-corrected chi connectivity index (χ2v) is 6.21. The van der Waals surface area contributed by atoms with Gasteiger partial charge in [0, 0.05) is 19.2 Å². The van der Waals surface area contributed by atoms with Gasteiger partial charge in [0.05, 0.1) is 11.5 Å². The van der Waals surface area contributed by atoms with Crippen LogP contribution in [0.5, 0.6) is 0 Å². The van der Waals surface area contributed by atoms with Crippen molar-refractivity contribution in [1.29, 1.82) is 0 Å². The molecule has 0 fully saturated rings. The lowest BCUT2D eigenvalue weighted by Gasteiger charge is -2.16. The molecule has 0 saturated heterocycles. The topological polar surface area (TPSA) is 63.7 Å². The zero-order chi connectivity index (χ0) is 15.3. The molecule has 1 amide bonds. The lowest BCUT2D eigenvalue weighted by Crippen LogP contribution is -2.31. The summed E-state index contributed by atoms with van der Waals surface area (Å²) >= 11 is 0. The third-order valence-electron chi connectivity index (χ3n) is 2.69. The first kappa shape index (κ1) is 16.4. The highest BCUT2D eigenvalue weighted by atomic mass is 32.2. The van der Waals surface area contributed by atoms with Gasteiger partial charge in [-0.25, -0.2) is 0 Å². The van der Waals surface area contributed by atoms with Crippen molar-refractivity contribution < 1.29 is 17.4 Å². The quantitative estimate of drug-likeness (QED) is 0.592. The average Bonchev–Trinajstić information content (AvgIpc) is 2.37. The number of hydrogen-bond acceptors (Lipinski definition) is 4. The molecule has 0 atom stereocenters. The molecule has 1 aromatic carbocycles. The maximum absolute atomic E-state index is 11.9. The van der Waals surface area contributed by atoms with Crippen LogP contribution >= 0.6 is 0 Å². The van der Waals surface area contributed by atoms with Crippen LogP contribution in [-0.4, -0.2) is 39.4 Å². The zero-order valence-electron chi connectivity index (χ0n) is 11.9. The molecule has 0 N–H and O–H groups in total. The highest BCUT2D eigenvalue weighted by Gasteiger charge is 2.16. The fourth-order valence-corrected chi connectivity index (χ4v) is 2.38. The van der Waals surface area contributed by atoms with Crippen LogP contribution in [0.15, 0.2) is 41.3 Å². The Morgan fingerprint density at radius 3 is 2.35 bits per heavy atom. The first-order valence-corrected chi connectivity index (χ1v) is 7.52. The Morgan fingerprint density at radius 2 is 1.85 bits per heavy atom. The van der Waals surface area contributed by atoms with Crippen LogP contribution < -0.4 is 0 Å². The van der Waals surface area contributed by atoms with Crippen LogP contribution in [0.2, 0.25) is 0 Å². The average molecular weight is 297 g/mol. The summed E-state index contributed by atoms with van der Waals surface area (Å²) in [5, 5.41) is 0. The molecule has 0 radical (unpaired) electrons. The largest absolute Gasteiger partial charge is 0.340 e. The Kier molecular flexibility index (Phi) is 5.47. The Hall–Kier alpha value is -1.66. The van der Waals surface area contributed by atoms with Gasteiger partial charge in [0.25, 0.3) is 10.1 Å². The van der Waals surface area contributed by atoms with E-state index in [2.05, 4.69) is 6.58 Å². The van der Waals surface area contributed by atoms with Crippen molar-refractivity contribution in [3.63, 3.8) is 0 Å². The van der Waals surface area contributed by atoms with E-state index in [1.54, 1.807) is 26.1 Å². The summed E-state index contributed by atoms with van der Waals surface area (Å²) in [4.78, 5) is 13.0. The first-order valence-electron chi connectivity index (χ1n) is 6.11. The number of carbonyl (C=O) groups is 1.